The number of hydrogen-bond donors (Lipinski definition) is 1. The minimum absolute atomic E-state index is 0.0399. The number of nitrogens with one attached hydrogen (secondary N) is 1. The summed E-state index contributed by atoms with van der Waals surface area (Å²) in [4.78, 5) is 2.32. The lowest BCUT2D eigenvalue weighted by Crippen LogP contribution is -2.62. The zero-order chi connectivity index (χ0) is 14.0. The van der Waals surface area contributed by atoms with E-state index in [1.807, 2.05) is 0 Å². The van der Waals surface area contributed by atoms with E-state index in [4.69, 9.17) is 0 Å². The molecule has 0 aromatic carbocycles. The zero-order valence-electron chi connectivity index (χ0n) is 12.4. The van der Waals surface area contributed by atoms with Gasteiger partial charge in [0.2, 0.25) is 0 Å². The van der Waals surface area contributed by atoms with Crippen LogP contribution in [-0.2, 0) is 9.84 Å². The number of nitrogens with zero attached hydrogens (tertiary/aromatic N) is 1. The fraction of sp³-hybridized carbons (Fsp3) is 1.00. The average Bonchev–Trinajstić information content (AvgIpc) is 2.27. The third-order valence-corrected chi connectivity index (χ3v) is 6.17. The molecule has 1 fully saturated rings. The summed E-state index contributed by atoms with van der Waals surface area (Å²) in [5, 5.41) is 3.25. The fourth-order valence-electron chi connectivity index (χ4n) is 2.22. The Morgan fingerprint density at radius 3 is 2.50 bits per heavy atom. The Hall–Kier alpha value is -0.130. The van der Waals surface area contributed by atoms with Crippen LogP contribution in [0.5, 0.6) is 0 Å². The lowest BCUT2D eigenvalue weighted by molar-refractivity contribution is 0.0716. The Morgan fingerprint density at radius 1 is 1.39 bits per heavy atom. The maximum absolute atomic E-state index is 11.9. The molecule has 1 heterocycles. The third-order valence-electron chi connectivity index (χ3n) is 3.98. The molecule has 1 aliphatic rings. The summed E-state index contributed by atoms with van der Waals surface area (Å²) in [5.74, 6) is 0.268. The Bertz CT molecular complexity index is 363. The van der Waals surface area contributed by atoms with Crippen molar-refractivity contribution in [1.82, 2.24) is 10.2 Å². The first-order valence-electron chi connectivity index (χ1n) is 6.89. The van der Waals surface area contributed by atoms with Gasteiger partial charge in [0.05, 0.1) is 11.0 Å². The first-order valence-corrected chi connectivity index (χ1v) is 8.60. The molecule has 0 saturated carbocycles. The Kier molecular flexibility index (Phi) is 5.21. The molecule has 5 heteroatoms. The number of rotatable bonds is 5. The molecule has 1 aliphatic heterocycles. The van der Waals surface area contributed by atoms with Crippen molar-refractivity contribution < 1.29 is 8.42 Å². The molecule has 0 aromatic heterocycles. The summed E-state index contributed by atoms with van der Waals surface area (Å²) in [6, 6.07) is 0.486. The number of sulfone groups is 1. The molecule has 1 rings (SSSR count). The summed E-state index contributed by atoms with van der Waals surface area (Å²) in [6.45, 7) is 12.5. The van der Waals surface area contributed by atoms with Crippen LogP contribution in [0.4, 0.5) is 0 Å². The van der Waals surface area contributed by atoms with Crippen molar-refractivity contribution in [3.63, 3.8) is 0 Å². The van der Waals surface area contributed by atoms with Crippen LogP contribution in [0.3, 0.4) is 0 Å². The largest absolute Gasteiger partial charge is 0.311 e. The molecule has 0 radical (unpaired) electrons. The molecule has 4 nitrogen and oxygen atoms in total. The molecule has 18 heavy (non-hydrogen) atoms. The van der Waals surface area contributed by atoms with E-state index in [2.05, 4.69) is 31.0 Å². The van der Waals surface area contributed by atoms with Crippen LogP contribution in [0.25, 0.3) is 0 Å². The van der Waals surface area contributed by atoms with Crippen molar-refractivity contribution in [1.29, 1.82) is 0 Å². The van der Waals surface area contributed by atoms with Gasteiger partial charge in [0.25, 0.3) is 0 Å². The summed E-state index contributed by atoms with van der Waals surface area (Å²) >= 11 is 0. The third kappa shape index (κ3) is 3.93. The van der Waals surface area contributed by atoms with Gasteiger partial charge >= 0.3 is 0 Å². The quantitative estimate of drug-likeness (QED) is 0.821. The van der Waals surface area contributed by atoms with Crippen LogP contribution < -0.4 is 5.32 Å². The lowest BCUT2D eigenvalue weighted by Gasteiger charge is -2.46. The highest BCUT2D eigenvalue weighted by Crippen LogP contribution is 2.19. The zero-order valence-corrected chi connectivity index (χ0v) is 13.2. The van der Waals surface area contributed by atoms with Crippen molar-refractivity contribution in [2.24, 2.45) is 0 Å². The second kappa shape index (κ2) is 5.88. The summed E-state index contributed by atoms with van der Waals surface area (Å²) in [5.41, 5.74) is 0.0399. The van der Waals surface area contributed by atoms with Crippen LogP contribution in [0.2, 0.25) is 0 Å². The van der Waals surface area contributed by atoms with E-state index in [0.29, 0.717) is 12.6 Å². The van der Waals surface area contributed by atoms with Gasteiger partial charge in [0, 0.05) is 31.2 Å². The van der Waals surface area contributed by atoms with E-state index in [0.717, 1.165) is 19.5 Å². The van der Waals surface area contributed by atoms with Crippen molar-refractivity contribution >= 4 is 9.84 Å². The van der Waals surface area contributed by atoms with Gasteiger partial charge in [-0.3, -0.25) is 4.90 Å². The van der Waals surface area contributed by atoms with E-state index in [1.165, 1.54) is 0 Å². The fourth-order valence-corrected chi connectivity index (χ4v) is 3.17. The molecular weight excluding hydrogens is 248 g/mol. The molecule has 1 N–H and O–H groups in total. The molecular formula is C13H28N2O2S. The van der Waals surface area contributed by atoms with Gasteiger partial charge in [-0.2, -0.15) is 0 Å². The minimum atomic E-state index is -2.93. The van der Waals surface area contributed by atoms with Crippen LogP contribution in [0.15, 0.2) is 0 Å². The molecule has 1 atom stereocenters. The molecule has 1 saturated heterocycles. The average molecular weight is 276 g/mol. The highest BCUT2D eigenvalue weighted by Gasteiger charge is 2.33. The van der Waals surface area contributed by atoms with Crippen LogP contribution >= 0.6 is 0 Å². The highest BCUT2D eigenvalue weighted by molar-refractivity contribution is 7.92. The van der Waals surface area contributed by atoms with Crippen LogP contribution in [0.1, 0.15) is 41.0 Å². The van der Waals surface area contributed by atoms with Gasteiger partial charge in [-0.15, -0.1) is 0 Å². The Morgan fingerprint density at radius 2 is 2.00 bits per heavy atom. The first kappa shape index (κ1) is 15.9. The van der Waals surface area contributed by atoms with Crippen molar-refractivity contribution in [2.75, 3.05) is 25.4 Å². The second-order valence-corrected chi connectivity index (χ2v) is 8.84. The summed E-state index contributed by atoms with van der Waals surface area (Å²) in [7, 11) is -2.93. The van der Waals surface area contributed by atoms with E-state index in [9.17, 15) is 8.42 Å². The smallest absolute Gasteiger partial charge is 0.153 e. The van der Waals surface area contributed by atoms with Crippen LogP contribution in [0, 0.1) is 0 Å². The summed E-state index contributed by atoms with van der Waals surface area (Å²) in [6.07, 6.45) is 1.09. The molecule has 0 bridgehead atoms. The van der Waals surface area contributed by atoms with E-state index >= 15 is 0 Å². The number of hydrogen-bond acceptors (Lipinski definition) is 4. The van der Waals surface area contributed by atoms with Gasteiger partial charge in [-0.1, -0.05) is 6.92 Å². The Balaban J connectivity index is 2.63. The van der Waals surface area contributed by atoms with Gasteiger partial charge in [-0.25, -0.2) is 8.42 Å². The van der Waals surface area contributed by atoms with E-state index in [1.54, 1.807) is 13.8 Å². The van der Waals surface area contributed by atoms with Gasteiger partial charge in [0.1, 0.15) is 0 Å². The molecule has 0 aromatic rings. The van der Waals surface area contributed by atoms with Crippen molar-refractivity contribution in [2.45, 2.75) is 57.9 Å². The second-order valence-electron chi connectivity index (χ2n) is 6.16. The molecule has 0 amide bonds. The van der Waals surface area contributed by atoms with Crippen LogP contribution in [-0.4, -0.2) is 55.5 Å². The van der Waals surface area contributed by atoms with E-state index < -0.39 is 9.84 Å². The van der Waals surface area contributed by atoms with Gasteiger partial charge < -0.3 is 5.32 Å². The normalized spacial score (nSPS) is 25.6. The maximum Gasteiger partial charge on any atom is 0.153 e. The van der Waals surface area contributed by atoms with Crippen molar-refractivity contribution in [3.8, 4) is 0 Å². The predicted octanol–water partition coefficient (Wildman–Crippen LogP) is 1.27. The predicted molar refractivity (Wildman–Crippen MR) is 76.7 cm³/mol. The van der Waals surface area contributed by atoms with Gasteiger partial charge in [-0.05, 0) is 34.1 Å². The first-order chi connectivity index (χ1) is 8.19. The standard InChI is InChI=1S/C13H28N2O2S/c1-6-12-9-15(13(4,5)10-14-12)7-8-18(16,17)11(2)3/h11-12,14H,6-10H2,1-5H3. The van der Waals surface area contributed by atoms with Gasteiger partial charge in [0.15, 0.2) is 9.84 Å². The summed E-state index contributed by atoms with van der Waals surface area (Å²) < 4.78 is 23.8. The molecule has 0 aliphatic carbocycles. The minimum Gasteiger partial charge on any atom is -0.311 e. The maximum atomic E-state index is 11.9. The van der Waals surface area contributed by atoms with E-state index in [-0.39, 0.29) is 16.5 Å². The molecule has 108 valence electrons. The lowest BCUT2D eigenvalue weighted by atomic mass is 9.97. The highest BCUT2D eigenvalue weighted by atomic mass is 32.2. The SMILES string of the molecule is CCC1CN(CCS(=O)(=O)C(C)C)C(C)(C)CN1. The monoisotopic (exact) mass is 276 g/mol. The Labute approximate surface area is 112 Å². The molecule has 1 unspecified atom stereocenters. The molecule has 0 spiro atoms. The topological polar surface area (TPSA) is 49.4 Å². The van der Waals surface area contributed by atoms with Crippen molar-refractivity contribution in [3.05, 3.63) is 0 Å². The number of piperazine rings is 1.